The summed E-state index contributed by atoms with van der Waals surface area (Å²) in [5.41, 5.74) is 1.07. The first kappa shape index (κ1) is 18.7. The molecule has 25 heavy (non-hydrogen) atoms. The highest BCUT2D eigenvalue weighted by molar-refractivity contribution is 5.77. The predicted octanol–water partition coefficient (Wildman–Crippen LogP) is 2.63. The van der Waals surface area contributed by atoms with Crippen LogP contribution in [0.15, 0.2) is 48.5 Å². The maximum Gasteiger partial charge on any atom is 0.258 e. The van der Waals surface area contributed by atoms with Gasteiger partial charge in [-0.15, -0.1) is 0 Å². The summed E-state index contributed by atoms with van der Waals surface area (Å²) in [6.45, 7) is 0.333. The quantitative estimate of drug-likeness (QED) is 0.798. The molecule has 2 aromatic carbocycles. The van der Waals surface area contributed by atoms with Crippen LogP contribution in [0.5, 0.6) is 11.5 Å². The summed E-state index contributed by atoms with van der Waals surface area (Å²) < 4.78 is 23.3. The third-order valence-electron chi connectivity index (χ3n) is 3.80. The summed E-state index contributed by atoms with van der Waals surface area (Å²) in [5, 5.41) is 2.86. The Morgan fingerprint density at radius 2 is 1.68 bits per heavy atom. The van der Waals surface area contributed by atoms with Gasteiger partial charge in [0.25, 0.3) is 5.91 Å². The van der Waals surface area contributed by atoms with Crippen LogP contribution in [0.4, 0.5) is 4.39 Å². The van der Waals surface area contributed by atoms with Crippen molar-refractivity contribution in [2.45, 2.75) is 6.04 Å². The lowest BCUT2D eigenvalue weighted by Gasteiger charge is -2.25. The van der Waals surface area contributed by atoms with Gasteiger partial charge in [0.1, 0.15) is 17.3 Å². The smallest absolute Gasteiger partial charge is 0.258 e. The molecule has 0 heterocycles. The molecule has 134 valence electrons. The van der Waals surface area contributed by atoms with E-state index in [1.807, 2.05) is 43.3 Å². The summed E-state index contributed by atoms with van der Waals surface area (Å²) in [7, 11) is 5.53. The number of likely N-dealkylation sites (N-methyl/N-ethyl adjacent to an activating group) is 1. The van der Waals surface area contributed by atoms with Crippen molar-refractivity contribution in [3.63, 3.8) is 0 Å². The lowest BCUT2D eigenvalue weighted by atomic mass is 10.1. The Morgan fingerprint density at radius 1 is 1.08 bits per heavy atom. The van der Waals surface area contributed by atoms with Gasteiger partial charge in [0, 0.05) is 6.54 Å². The minimum Gasteiger partial charge on any atom is -0.497 e. The van der Waals surface area contributed by atoms with Gasteiger partial charge >= 0.3 is 0 Å². The van der Waals surface area contributed by atoms with Crippen LogP contribution in [0.3, 0.4) is 0 Å². The molecule has 2 aromatic rings. The van der Waals surface area contributed by atoms with Gasteiger partial charge in [0.15, 0.2) is 6.61 Å². The first-order valence-electron chi connectivity index (χ1n) is 7.95. The molecule has 0 unspecified atom stereocenters. The van der Waals surface area contributed by atoms with Gasteiger partial charge in [-0.05, 0) is 56.1 Å². The molecule has 1 amide bonds. The number of nitrogens with one attached hydrogen (secondary N) is 1. The van der Waals surface area contributed by atoms with Crippen LogP contribution < -0.4 is 14.8 Å². The molecule has 0 saturated carbocycles. The fourth-order valence-electron chi connectivity index (χ4n) is 2.37. The van der Waals surface area contributed by atoms with Crippen molar-refractivity contribution in [2.24, 2.45) is 0 Å². The average molecular weight is 346 g/mol. The van der Waals surface area contributed by atoms with E-state index in [-0.39, 0.29) is 24.4 Å². The fraction of sp³-hybridized carbons (Fsp3) is 0.316. The van der Waals surface area contributed by atoms with E-state index in [0.29, 0.717) is 12.3 Å². The summed E-state index contributed by atoms with van der Waals surface area (Å²) in [5.74, 6) is 0.670. The van der Waals surface area contributed by atoms with E-state index < -0.39 is 0 Å². The van der Waals surface area contributed by atoms with Crippen molar-refractivity contribution in [3.05, 3.63) is 59.9 Å². The van der Waals surface area contributed by atoms with Gasteiger partial charge in [-0.2, -0.15) is 0 Å². The number of carbonyl (C=O) groups excluding carboxylic acids is 1. The SMILES string of the molecule is COc1ccc([C@H](CNC(=O)COc2ccc(F)cc2)N(C)C)cc1. The summed E-state index contributed by atoms with van der Waals surface area (Å²) in [4.78, 5) is 14.0. The molecule has 2 rings (SSSR count). The Labute approximate surface area is 147 Å². The molecule has 1 N–H and O–H groups in total. The Bertz CT molecular complexity index is 672. The molecule has 5 nitrogen and oxygen atoms in total. The minimum atomic E-state index is -0.342. The number of ether oxygens (including phenoxy) is 2. The number of carbonyl (C=O) groups is 1. The monoisotopic (exact) mass is 346 g/mol. The average Bonchev–Trinajstić information content (AvgIpc) is 2.61. The van der Waals surface area contributed by atoms with Crippen molar-refractivity contribution < 1.29 is 18.7 Å². The van der Waals surface area contributed by atoms with Gasteiger partial charge in [-0.25, -0.2) is 4.39 Å². The number of nitrogens with zero attached hydrogens (tertiary/aromatic N) is 1. The first-order valence-corrected chi connectivity index (χ1v) is 7.95. The van der Waals surface area contributed by atoms with Crippen molar-refractivity contribution in [1.29, 1.82) is 0 Å². The molecule has 0 radical (unpaired) electrons. The minimum absolute atomic E-state index is 0.0284. The van der Waals surface area contributed by atoms with Crippen LogP contribution in [0.25, 0.3) is 0 Å². The Kier molecular flexibility index (Phi) is 6.77. The lowest BCUT2D eigenvalue weighted by molar-refractivity contribution is -0.123. The molecule has 0 fully saturated rings. The summed E-state index contributed by atoms with van der Waals surface area (Å²) >= 11 is 0. The Morgan fingerprint density at radius 3 is 2.24 bits per heavy atom. The second-order valence-electron chi connectivity index (χ2n) is 5.80. The van der Waals surface area contributed by atoms with Crippen molar-refractivity contribution >= 4 is 5.91 Å². The fourth-order valence-corrected chi connectivity index (χ4v) is 2.37. The topological polar surface area (TPSA) is 50.8 Å². The number of amides is 1. The third kappa shape index (κ3) is 5.76. The molecule has 0 saturated heterocycles. The van der Waals surface area contributed by atoms with E-state index in [9.17, 15) is 9.18 Å². The molecule has 0 bridgehead atoms. The second-order valence-corrected chi connectivity index (χ2v) is 5.80. The maximum atomic E-state index is 12.8. The van der Waals surface area contributed by atoms with Gasteiger partial charge in [0.05, 0.1) is 13.2 Å². The molecule has 6 heteroatoms. The number of hydrogen-bond acceptors (Lipinski definition) is 4. The Hall–Kier alpha value is -2.60. The van der Waals surface area contributed by atoms with Gasteiger partial charge in [-0.3, -0.25) is 4.79 Å². The maximum absolute atomic E-state index is 12.8. The first-order chi connectivity index (χ1) is 12.0. The van der Waals surface area contributed by atoms with Crippen LogP contribution >= 0.6 is 0 Å². The largest absolute Gasteiger partial charge is 0.497 e. The molecule has 0 spiro atoms. The number of benzene rings is 2. The van der Waals surface area contributed by atoms with E-state index in [1.165, 1.54) is 24.3 Å². The summed E-state index contributed by atoms with van der Waals surface area (Å²) in [6, 6.07) is 13.3. The van der Waals surface area contributed by atoms with Gasteiger partial charge in [-0.1, -0.05) is 12.1 Å². The number of halogens is 1. The summed E-state index contributed by atoms with van der Waals surface area (Å²) in [6.07, 6.45) is 0. The van der Waals surface area contributed by atoms with Crippen molar-refractivity contribution in [1.82, 2.24) is 10.2 Å². The molecule has 0 aromatic heterocycles. The highest BCUT2D eigenvalue weighted by Crippen LogP contribution is 2.20. The van der Waals surface area contributed by atoms with Crippen LogP contribution in [-0.2, 0) is 4.79 Å². The van der Waals surface area contributed by atoms with Crippen molar-refractivity contribution in [3.8, 4) is 11.5 Å². The zero-order valence-electron chi connectivity index (χ0n) is 14.7. The zero-order valence-corrected chi connectivity index (χ0v) is 14.7. The highest BCUT2D eigenvalue weighted by Gasteiger charge is 2.15. The second kappa shape index (κ2) is 9.03. The predicted molar refractivity (Wildman–Crippen MR) is 94.3 cm³/mol. The Balaban J connectivity index is 1.87. The zero-order chi connectivity index (χ0) is 18.2. The van der Waals surface area contributed by atoms with Crippen LogP contribution in [0, 0.1) is 5.82 Å². The van der Waals surface area contributed by atoms with E-state index in [2.05, 4.69) is 5.32 Å². The van der Waals surface area contributed by atoms with E-state index >= 15 is 0 Å². The molecule has 0 aliphatic rings. The molecule has 0 aliphatic carbocycles. The van der Waals surface area contributed by atoms with Crippen molar-refractivity contribution in [2.75, 3.05) is 34.4 Å². The lowest BCUT2D eigenvalue weighted by Crippen LogP contribution is -2.36. The van der Waals surface area contributed by atoms with Crippen LogP contribution in [0.1, 0.15) is 11.6 Å². The number of methoxy groups -OCH3 is 1. The van der Waals surface area contributed by atoms with E-state index in [1.54, 1.807) is 7.11 Å². The molecular weight excluding hydrogens is 323 g/mol. The number of hydrogen-bond donors (Lipinski definition) is 1. The highest BCUT2D eigenvalue weighted by atomic mass is 19.1. The van der Waals surface area contributed by atoms with Crippen LogP contribution in [0.2, 0.25) is 0 Å². The normalized spacial score (nSPS) is 11.9. The van der Waals surface area contributed by atoms with Gasteiger partial charge < -0.3 is 19.7 Å². The number of rotatable bonds is 8. The molecule has 1 atom stereocenters. The van der Waals surface area contributed by atoms with Gasteiger partial charge in [0.2, 0.25) is 0 Å². The van der Waals surface area contributed by atoms with Crippen LogP contribution in [-0.4, -0.2) is 45.2 Å². The molecule has 0 aliphatic heterocycles. The van der Waals surface area contributed by atoms with E-state index in [0.717, 1.165) is 11.3 Å². The molecular formula is C19H23FN2O3. The standard InChI is InChI=1S/C19H23FN2O3/c1-22(2)18(14-4-8-16(24-3)9-5-14)12-21-19(23)13-25-17-10-6-15(20)7-11-17/h4-11,18H,12-13H2,1-3H3,(H,21,23)/t18-/m0/s1. The van der Waals surface area contributed by atoms with E-state index in [4.69, 9.17) is 9.47 Å². The third-order valence-corrected chi connectivity index (χ3v) is 3.80.